The maximum absolute atomic E-state index is 11.6. The Labute approximate surface area is 106 Å². The highest BCUT2D eigenvalue weighted by atomic mass is 16.5. The van der Waals surface area contributed by atoms with Crippen LogP contribution in [0, 0.1) is 0 Å². The summed E-state index contributed by atoms with van der Waals surface area (Å²) in [5, 5.41) is 9.71. The van der Waals surface area contributed by atoms with Gasteiger partial charge in [-0.05, 0) is 12.0 Å². The van der Waals surface area contributed by atoms with Gasteiger partial charge in [0.15, 0.2) is 6.10 Å². The van der Waals surface area contributed by atoms with Crippen molar-refractivity contribution in [3.63, 3.8) is 0 Å². The Kier molecular flexibility index (Phi) is 4.31. The number of aliphatic hydroxyl groups is 1. The molecule has 1 aliphatic carbocycles. The molecular formula is C15H16O3. The number of esters is 1. The van der Waals surface area contributed by atoms with Crippen LogP contribution in [0.3, 0.4) is 0 Å². The molecule has 1 aliphatic rings. The Morgan fingerprint density at radius 1 is 1.33 bits per heavy atom. The average molecular weight is 244 g/mol. The molecule has 0 spiro atoms. The van der Waals surface area contributed by atoms with E-state index in [9.17, 15) is 9.90 Å². The molecule has 0 radical (unpaired) electrons. The van der Waals surface area contributed by atoms with E-state index >= 15 is 0 Å². The molecule has 0 heterocycles. The summed E-state index contributed by atoms with van der Waals surface area (Å²) in [7, 11) is 0. The van der Waals surface area contributed by atoms with Gasteiger partial charge >= 0.3 is 5.97 Å². The summed E-state index contributed by atoms with van der Waals surface area (Å²) < 4.78 is 5.06. The van der Waals surface area contributed by atoms with Crippen molar-refractivity contribution in [3.8, 4) is 0 Å². The molecule has 0 aromatic heterocycles. The van der Waals surface area contributed by atoms with E-state index in [0.29, 0.717) is 6.42 Å². The summed E-state index contributed by atoms with van der Waals surface area (Å²) in [5.74, 6) is -0.563. The zero-order valence-electron chi connectivity index (χ0n) is 10.1. The van der Waals surface area contributed by atoms with E-state index in [1.165, 1.54) is 0 Å². The van der Waals surface area contributed by atoms with Gasteiger partial charge in [0.25, 0.3) is 0 Å². The van der Waals surface area contributed by atoms with Gasteiger partial charge in [-0.25, -0.2) is 4.79 Å². The van der Waals surface area contributed by atoms with Crippen LogP contribution >= 0.6 is 0 Å². The molecule has 0 saturated heterocycles. The van der Waals surface area contributed by atoms with E-state index in [-0.39, 0.29) is 6.61 Å². The lowest BCUT2D eigenvalue weighted by Gasteiger charge is -2.11. The van der Waals surface area contributed by atoms with E-state index < -0.39 is 12.1 Å². The molecule has 0 fully saturated rings. The van der Waals surface area contributed by atoms with Crippen LogP contribution in [0.15, 0.2) is 54.1 Å². The third-order valence-electron chi connectivity index (χ3n) is 2.80. The Hall–Kier alpha value is -1.87. The molecule has 0 unspecified atom stereocenters. The minimum Gasteiger partial charge on any atom is -0.459 e. The van der Waals surface area contributed by atoms with Gasteiger partial charge in [-0.3, -0.25) is 0 Å². The lowest BCUT2D eigenvalue weighted by atomic mass is 10.1. The van der Waals surface area contributed by atoms with Crippen molar-refractivity contribution in [3.05, 3.63) is 59.7 Å². The van der Waals surface area contributed by atoms with Gasteiger partial charge in [-0.1, -0.05) is 54.1 Å². The molecule has 3 nitrogen and oxygen atoms in total. The SMILES string of the molecule is O=C(OCc1ccccc1)[C@H](O)CC1=CC=CC1. The number of ether oxygens (including phenoxy) is 1. The van der Waals surface area contributed by atoms with Crippen LogP contribution < -0.4 is 0 Å². The first-order valence-corrected chi connectivity index (χ1v) is 5.99. The van der Waals surface area contributed by atoms with Crippen LogP contribution in [0.2, 0.25) is 0 Å². The van der Waals surface area contributed by atoms with E-state index in [4.69, 9.17) is 4.74 Å². The minimum atomic E-state index is -1.07. The minimum absolute atomic E-state index is 0.202. The molecule has 1 N–H and O–H groups in total. The van der Waals surface area contributed by atoms with Crippen LogP contribution in [-0.4, -0.2) is 17.2 Å². The standard InChI is InChI=1S/C15H16O3/c16-14(10-12-6-4-5-7-12)15(17)18-11-13-8-2-1-3-9-13/h1-6,8-9,14,16H,7,10-11H2/t14-/m1/s1. The van der Waals surface area contributed by atoms with Crippen LogP contribution in [0.25, 0.3) is 0 Å². The first-order valence-electron chi connectivity index (χ1n) is 5.99. The van der Waals surface area contributed by atoms with E-state index in [2.05, 4.69) is 0 Å². The van der Waals surface area contributed by atoms with E-state index in [0.717, 1.165) is 17.6 Å². The highest BCUT2D eigenvalue weighted by Gasteiger charge is 2.18. The predicted molar refractivity (Wildman–Crippen MR) is 68.7 cm³/mol. The molecule has 1 atom stereocenters. The van der Waals surface area contributed by atoms with Gasteiger partial charge in [0, 0.05) is 6.42 Å². The molecule has 2 rings (SSSR count). The van der Waals surface area contributed by atoms with Gasteiger partial charge in [0.1, 0.15) is 6.61 Å². The molecule has 0 aliphatic heterocycles. The quantitative estimate of drug-likeness (QED) is 0.809. The van der Waals surface area contributed by atoms with Gasteiger partial charge in [-0.2, -0.15) is 0 Å². The predicted octanol–water partition coefficient (Wildman–Crippen LogP) is 2.37. The fraction of sp³-hybridized carbons (Fsp3) is 0.267. The molecule has 18 heavy (non-hydrogen) atoms. The van der Waals surface area contributed by atoms with Crippen molar-refractivity contribution in [2.24, 2.45) is 0 Å². The molecule has 1 aromatic carbocycles. The summed E-state index contributed by atoms with van der Waals surface area (Å²) >= 11 is 0. The molecule has 3 heteroatoms. The zero-order valence-corrected chi connectivity index (χ0v) is 10.1. The normalized spacial score (nSPS) is 15.3. The van der Waals surface area contributed by atoms with Crippen LogP contribution in [0.5, 0.6) is 0 Å². The van der Waals surface area contributed by atoms with Crippen molar-refractivity contribution in [2.75, 3.05) is 0 Å². The van der Waals surface area contributed by atoms with Gasteiger partial charge in [0.2, 0.25) is 0 Å². The fourth-order valence-corrected chi connectivity index (χ4v) is 1.80. The monoisotopic (exact) mass is 244 g/mol. The second-order valence-electron chi connectivity index (χ2n) is 4.27. The third-order valence-corrected chi connectivity index (χ3v) is 2.80. The van der Waals surface area contributed by atoms with Gasteiger partial charge in [0.05, 0.1) is 0 Å². The highest BCUT2D eigenvalue weighted by molar-refractivity contribution is 5.74. The Balaban J connectivity index is 1.77. The number of hydrogen-bond donors (Lipinski definition) is 1. The molecule has 94 valence electrons. The van der Waals surface area contributed by atoms with Crippen molar-refractivity contribution in [1.82, 2.24) is 0 Å². The summed E-state index contributed by atoms with van der Waals surface area (Å²) in [4.78, 5) is 11.6. The Bertz CT molecular complexity index is 460. The van der Waals surface area contributed by atoms with Crippen molar-refractivity contribution < 1.29 is 14.6 Å². The second-order valence-corrected chi connectivity index (χ2v) is 4.27. The van der Waals surface area contributed by atoms with E-state index in [1.807, 2.05) is 48.6 Å². The molecule has 1 aromatic rings. The largest absolute Gasteiger partial charge is 0.459 e. The molecule has 0 bridgehead atoms. The van der Waals surface area contributed by atoms with Crippen molar-refractivity contribution >= 4 is 5.97 Å². The maximum Gasteiger partial charge on any atom is 0.335 e. The van der Waals surface area contributed by atoms with E-state index in [1.54, 1.807) is 0 Å². The van der Waals surface area contributed by atoms with Crippen LogP contribution in [0.1, 0.15) is 18.4 Å². The van der Waals surface area contributed by atoms with Gasteiger partial charge < -0.3 is 9.84 Å². The molecule has 0 amide bonds. The zero-order chi connectivity index (χ0) is 12.8. The number of hydrogen-bond acceptors (Lipinski definition) is 3. The fourth-order valence-electron chi connectivity index (χ4n) is 1.80. The number of allylic oxidation sites excluding steroid dienone is 3. The Morgan fingerprint density at radius 3 is 2.78 bits per heavy atom. The first-order chi connectivity index (χ1) is 8.75. The number of benzene rings is 1. The number of aliphatic hydroxyl groups excluding tert-OH is 1. The lowest BCUT2D eigenvalue weighted by molar-refractivity contribution is -0.154. The third kappa shape index (κ3) is 3.57. The van der Waals surface area contributed by atoms with Crippen LogP contribution in [-0.2, 0) is 16.1 Å². The molecule has 0 saturated carbocycles. The first kappa shape index (κ1) is 12.6. The van der Waals surface area contributed by atoms with Crippen molar-refractivity contribution in [2.45, 2.75) is 25.6 Å². The topological polar surface area (TPSA) is 46.5 Å². The summed E-state index contributed by atoms with van der Waals surface area (Å²) in [6.45, 7) is 0.202. The second kappa shape index (κ2) is 6.17. The number of rotatable bonds is 5. The van der Waals surface area contributed by atoms with Crippen LogP contribution in [0.4, 0.5) is 0 Å². The molecular weight excluding hydrogens is 228 g/mol. The van der Waals surface area contributed by atoms with Gasteiger partial charge in [-0.15, -0.1) is 0 Å². The summed E-state index contributed by atoms with van der Waals surface area (Å²) in [6.07, 6.45) is 5.94. The summed E-state index contributed by atoms with van der Waals surface area (Å²) in [6, 6.07) is 9.43. The Morgan fingerprint density at radius 2 is 2.11 bits per heavy atom. The number of carbonyl (C=O) groups excluding carboxylic acids is 1. The lowest BCUT2D eigenvalue weighted by Crippen LogP contribution is -2.23. The van der Waals surface area contributed by atoms with Crippen molar-refractivity contribution in [1.29, 1.82) is 0 Å². The smallest absolute Gasteiger partial charge is 0.335 e. The summed E-state index contributed by atoms with van der Waals surface area (Å²) in [5.41, 5.74) is 1.97. The average Bonchev–Trinajstić information content (AvgIpc) is 2.90. The highest BCUT2D eigenvalue weighted by Crippen LogP contribution is 2.17. The maximum atomic E-state index is 11.6. The number of carbonyl (C=O) groups is 1.